The largest absolute Gasteiger partial charge is 0.395 e. The highest BCUT2D eigenvalue weighted by Gasteiger charge is 2.29. The molecule has 6 heteroatoms. The predicted molar refractivity (Wildman–Crippen MR) is 49.2 cm³/mol. The molecule has 1 heterocycles. The lowest BCUT2D eigenvalue weighted by atomic mass is 10.2. The van der Waals surface area contributed by atoms with Gasteiger partial charge in [0.25, 0.3) is 0 Å². The normalized spacial score (nSPS) is 14.4. The van der Waals surface area contributed by atoms with Gasteiger partial charge in [0.05, 0.1) is 12.1 Å². The van der Waals surface area contributed by atoms with Crippen molar-refractivity contribution in [1.82, 2.24) is 4.98 Å². The van der Waals surface area contributed by atoms with Crippen LogP contribution in [-0.2, 0) is 12.8 Å². The Morgan fingerprint density at radius 2 is 2.21 bits per heavy atom. The molecule has 0 aliphatic rings. The first-order valence-electron chi connectivity index (χ1n) is 4.12. The second-order valence-electron chi connectivity index (χ2n) is 3.21. The Labute approximate surface area is 84.0 Å². The van der Waals surface area contributed by atoms with E-state index in [2.05, 4.69) is 4.98 Å². The summed E-state index contributed by atoms with van der Waals surface area (Å²) in [6.07, 6.45) is -4.60. The van der Waals surface area contributed by atoms with E-state index in [-0.39, 0.29) is 11.0 Å². The number of nitrogens with zero attached hydrogens (tertiary/aromatic N) is 1. The highest BCUT2D eigenvalue weighted by Crippen LogP contribution is 2.23. The van der Waals surface area contributed by atoms with Gasteiger partial charge in [-0.25, -0.2) is 4.98 Å². The zero-order chi connectivity index (χ0) is 10.8. The maximum atomic E-state index is 12.0. The SMILES string of the molecule is CC(N)Cc1csc(CC(F)(F)F)n1. The van der Waals surface area contributed by atoms with E-state index in [1.54, 1.807) is 12.3 Å². The summed E-state index contributed by atoms with van der Waals surface area (Å²) < 4.78 is 35.9. The molecule has 0 saturated heterocycles. The number of halogens is 3. The van der Waals surface area contributed by atoms with Crippen molar-refractivity contribution in [2.45, 2.75) is 32.0 Å². The van der Waals surface area contributed by atoms with Crippen LogP contribution in [0.3, 0.4) is 0 Å². The number of rotatable bonds is 3. The van der Waals surface area contributed by atoms with Crippen LogP contribution in [0.15, 0.2) is 5.38 Å². The first-order chi connectivity index (χ1) is 6.37. The molecular weight excluding hydrogens is 213 g/mol. The summed E-state index contributed by atoms with van der Waals surface area (Å²) in [5, 5.41) is 1.73. The molecule has 0 amide bonds. The van der Waals surface area contributed by atoms with Crippen molar-refractivity contribution in [1.29, 1.82) is 0 Å². The molecule has 0 aromatic carbocycles. The lowest BCUT2D eigenvalue weighted by Gasteiger charge is -2.02. The van der Waals surface area contributed by atoms with Crippen molar-refractivity contribution in [3.8, 4) is 0 Å². The number of nitrogens with two attached hydrogens (primary N) is 1. The van der Waals surface area contributed by atoms with E-state index in [4.69, 9.17) is 5.73 Å². The second kappa shape index (κ2) is 4.27. The minimum atomic E-state index is -4.18. The van der Waals surface area contributed by atoms with E-state index >= 15 is 0 Å². The maximum Gasteiger partial charge on any atom is 0.395 e. The van der Waals surface area contributed by atoms with Gasteiger partial charge in [-0.15, -0.1) is 11.3 Å². The van der Waals surface area contributed by atoms with Crippen LogP contribution in [0, 0.1) is 0 Å². The molecule has 1 aromatic rings. The van der Waals surface area contributed by atoms with Gasteiger partial charge in [-0.3, -0.25) is 0 Å². The van der Waals surface area contributed by atoms with Crippen molar-refractivity contribution in [2.24, 2.45) is 5.73 Å². The molecule has 1 atom stereocenters. The van der Waals surface area contributed by atoms with Crippen LogP contribution in [0.2, 0.25) is 0 Å². The van der Waals surface area contributed by atoms with E-state index in [1.807, 2.05) is 0 Å². The highest BCUT2D eigenvalue weighted by molar-refractivity contribution is 7.09. The molecule has 0 saturated carbocycles. The molecule has 0 bridgehead atoms. The Bertz CT molecular complexity index is 293. The Kier molecular flexibility index (Phi) is 3.49. The number of hydrogen-bond donors (Lipinski definition) is 1. The lowest BCUT2D eigenvalue weighted by molar-refractivity contribution is -0.127. The molecule has 0 radical (unpaired) electrons. The molecule has 0 fully saturated rings. The zero-order valence-electron chi connectivity index (χ0n) is 7.64. The van der Waals surface area contributed by atoms with Gasteiger partial charge in [0.15, 0.2) is 0 Å². The van der Waals surface area contributed by atoms with Gasteiger partial charge in [0, 0.05) is 17.8 Å². The Balaban J connectivity index is 2.60. The summed E-state index contributed by atoms with van der Waals surface area (Å²) in [7, 11) is 0. The van der Waals surface area contributed by atoms with Crippen LogP contribution in [0.25, 0.3) is 0 Å². The number of alkyl halides is 3. The van der Waals surface area contributed by atoms with Crippen molar-refractivity contribution in [3.05, 3.63) is 16.1 Å². The minimum absolute atomic E-state index is 0.0733. The molecule has 1 rings (SSSR count). The number of hydrogen-bond acceptors (Lipinski definition) is 3. The van der Waals surface area contributed by atoms with E-state index in [0.29, 0.717) is 12.1 Å². The molecular formula is C8H11F3N2S. The maximum absolute atomic E-state index is 12.0. The van der Waals surface area contributed by atoms with Crippen molar-refractivity contribution >= 4 is 11.3 Å². The summed E-state index contributed by atoms with van der Waals surface area (Å²) >= 11 is 1.03. The van der Waals surface area contributed by atoms with E-state index in [9.17, 15) is 13.2 Å². The molecule has 2 nitrogen and oxygen atoms in total. The van der Waals surface area contributed by atoms with Gasteiger partial charge in [-0.1, -0.05) is 0 Å². The van der Waals surface area contributed by atoms with Gasteiger partial charge >= 0.3 is 6.18 Å². The van der Waals surface area contributed by atoms with Gasteiger partial charge < -0.3 is 5.73 Å². The first kappa shape index (κ1) is 11.5. The Morgan fingerprint density at radius 3 is 2.71 bits per heavy atom. The third-order valence-corrected chi connectivity index (χ3v) is 2.38. The van der Waals surface area contributed by atoms with Crippen molar-refractivity contribution in [2.75, 3.05) is 0 Å². The van der Waals surface area contributed by atoms with Crippen LogP contribution in [0.4, 0.5) is 13.2 Å². The van der Waals surface area contributed by atoms with Crippen LogP contribution in [0.5, 0.6) is 0 Å². The highest BCUT2D eigenvalue weighted by atomic mass is 32.1. The topological polar surface area (TPSA) is 38.9 Å². The van der Waals surface area contributed by atoms with E-state index < -0.39 is 12.6 Å². The second-order valence-corrected chi connectivity index (χ2v) is 4.15. The molecule has 1 aromatic heterocycles. The Morgan fingerprint density at radius 1 is 1.57 bits per heavy atom. The van der Waals surface area contributed by atoms with Gasteiger partial charge in [0.2, 0.25) is 0 Å². The van der Waals surface area contributed by atoms with Gasteiger partial charge in [0.1, 0.15) is 5.01 Å². The number of aromatic nitrogens is 1. The average Bonchev–Trinajstić information content (AvgIpc) is 2.30. The molecule has 80 valence electrons. The van der Waals surface area contributed by atoms with Gasteiger partial charge in [-0.2, -0.15) is 13.2 Å². The van der Waals surface area contributed by atoms with Crippen LogP contribution in [0.1, 0.15) is 17.6 Å². The third-order valence-electron chi connectivity index (χ3n) is 1.48. The summed E-state index contributed by atoms with van der Waals surface area (Å²) in [5.74, 6) is 0. The van der Waals surface area contributed by atoms with Crippen LogP contribution < -0.4 is 5.73 Å². The fourth-order valence-corrected chi connectivity index (χ4v) is 1.86. The zero-order valence-corrected chi connectivity index (χ0v) is 8.45. The predicted octanol–water partition coefficient (Wildman–Crippen LogP) is 2.14. The first-order valence-corrected chi connectivity index (χ1v) is 5.00. The standard InChI is InChI=1S/C8H11F3N2S/c1-5(12)2-6-4-14-7(13-6)3-8(9,10)11/h4-5H,2-3,12H2,1H3. The molecule has 0 spiro atoms. The summed E-state index contributed by atoms with van der Waals surface area (Å²) in [4.78, 5) is 3.85. The summed E-state index contributed by atoms with van der Waals surface area (Å²) in [6, 6.07) is -0.0733. The summed E-state index contributed by atoms with van der Waals surface area (Å²) in [6.45, 7) is 1.79. The number of thiazole rings is 1. The fraction of sp³-hybridized carbons (Fsp3) is 0.625. The van der Waals surface area contributed by atoms with E-state index in [0.717, 1.165) is 11.3 Å². The molecule has 0 aliphatic carbocycles. The lowest BCUT2D eigenvalue weighted by Crippen LogP contribution is -2.18. The van der Waals surface area contributed by atoms with Crippen molar-refractivity contribution < 1.29 is 13.2 Å². The quantitative estimate of drug-likeness (QED) is 0.854. The molecule has 2 N–H and O–H groups in total. The molecule has 1 unspecified atom stereocenters. The average molecular weight is 224 g/mol. The minimum Gasteiger partial charge on any atom is -0.328 e. The van der Waals surface area contributed by atoms with Gasteiger partial charge in [-0.05, 0) is 6.92 Å². The summed E-state index contributed by atoms with van der Waals surface area (Å²) in [5.41, 5.74) is 6.15. The fourth-order valence-electron chi connectivity index (χ4n) is 1.03. The van der Waals surface area contributed by atoms with Crippen LogP contribution >= 0.6 is 11.3 Å². The third kappa shape index (κ3) is 4.06. The monoisotopic (exact) mass is 224 g/mol. The van der Waals surface area contributed by atoms with Crippen molar-refractivity contribution in [3.63, 3.8) is 0 Å². The molecule has 0 aliphatic heterocycles. The van der Waals surface area contributed by atoms with E-state index in [1.165, 1.54) is 0 Å². The smallest absolute Gasteiger partial charge is 0.328 e. The molecule has 14 heavy (non-hydrogen) atoms. The Hall–Kier alpha value is -0.620. The van der Waals surface area contributed by atoms with Crippen LogP contribution in [-0.4, -0.2) is 17.2 Å².